The van der Waals surface area contributed by atoms with Crippen molar-refractivity contribution in [1.82, 2.24) is 14.5 Å². The number of nitrogens with one attached hydrogen (secondary N) is 1. The molecular formula is C16H20N4O2S. The second kappa shape index (κ2) is 5.65. The van der Waals surface area contributed by atoms with E-state index in [1.807, 2.05) is 18.2 Å². The topological polar surface area (TPSA) is 69.3 Å². The van der Waals surface area contributed by atoms with Gasteiger partial charge >= 0.3 is 0 Å². The molecule has 1 aromatic carbocycles. The van der Waals surface area contributed by atoms with Gasteiger partial charge in [-0.15, -0.1) is 0 Å². The fourth-order valence-corrected chi connectivity index (χ4v) is 4.94. The molecule has 0 unspecified atom stereocenters. The molecule has 23 heavy (non-hydrogen) atoms. The molecule has 1 saturated heterocycles. The number of aromatic nitrogens is 2. The lowest BCUT2D eigenvalue weighted by Gasteiger charge is -2.20. The Balaban J connectivity index is 1.65. The molecule has 7 heteroatoms. The van der Waals surface area contributed by atoms with Crippen LogP contribution in [0.1, 0.15) is 24.1 Å². The lowest BCUT2D eigenvalue weighted by atomic mass is 10.2. The normalized spacial score (nSPS) is 18.5. The van der Waals surface area contributed by atoms with Gasteiger partial charge in [-0.1, -0.05) is 6.07 Å². The molecule has 2 aliphatic heterocycles. The van der Waals surface area contributed by atoms with Crippen molar-refractivity contribution < 1.29 is 8.42 Å². The summed E-state index contributed by atoms with van der Waals surface area (Å²) >= 11 is 0. The van der Waals surface area contributed by atoms with Gasteiger partial charge in [0.05, 0.1) is 17.1 Å². The summed E-state index contributed by atoms with van der Waals surface area (Å²) in [7, 11) is -3.36. The average molecular weight is 332 g/mol. The summed E-state index contributed by atoms with van der Waals surface area (Å²) in [6, 6.07) is 7.51. The van der Waals surface area contributed by atoms with Crippen LogP contribution >= 0.6 is 0 Å². The first-order valence-electron chi connectivity index (χ1n) is 8.01. The van der Waals surface area contributed by atoms with E-state index in [1.54, 1.807) is 16.6 Å². The highest BCUT2D eigenvalue weighted by molar-refractivity contribution is 7.89. The number of fused-ring (bicyclic) bond motifs is 1. The van der Waals surface area contributed by atoms with Crippen LogP contribution < -0.4 is 4.90 Å². The van der Waals surface area contributed by atoms with Crippen molar-refractivity contribution in [3.63, 3.8) is 0 Å². The van der Waals surface area contributed by atoms with Crippen LogP contribution in [0.25, 0.3) is 0 Å². The van der Waals surface area contributed by atoms with Crippen molar-refractivity contribution in [2.45, 2.75) is 30.7 Å². The van der Waals surface area contributed by atoms with E-state index >= 15 is 0 Å². The SMILES string of the molecule is O=S(=O)(c1ccc2c(c1)N(Cc1ccn[nH]1)CC2)N1CCCC1. The number of benzene rings is 1. The highest BCUT2D eigenvalue weighted by Crippen LogP contribution is 2.33. The second-order valence-corrected chi connectivity index (χ2v) is 8.09. The van der Waals surface area contributed by atoms with Gasteiger partial charge in [-0.05, 0) is 43.0 Å². The van der Waals surface area contributed by atoms with Crippen LogP contribution in [0.4, 0.5) is 5.69 Å². The first kappa shape index (κ1) is 14.7. The monoisotopic (exact) mass is 332 g/mol. The standard InChI is InChI=1S/C16H20N4O2S/c21-23(22,20-8-1-2-9-20)15-4-3-13-6-10-19(16(13)11-15)12-14-5-7-17-18-14/h3-5,7,11H,1-2,6,8-10,12H2,(H,17,18). The summed E-state index contributed by atoms with van der Waals surface area (Å²) in [4.78, 5) is 2.63. The summed E-state index contributed by atoms with van der Waals surface area (Å²) in [5, 5.41) is 6.94. The zero-order chi connectivity index (χ0) is 15.9. The molecule has 0 radical (unpaired) electrons. The summed E-state index contributed by atoms with van der Waals surface area (Å²) in [6.07, 6.45) is 4.60. The minimum atomic E-state index is -3.36. The molecule has 0 aliphatic carbocycles. The highest BCUT2D eigenvalue weighted by Gasteiger charge is 2.29. The van der Waals surface area contributed by atoms with Gasteiger partial charge in [0.15, 0.2) is 0 Å². The van der Waals surface area contributed by atoms with Crippen LogP contribution in [0.5, 0.6) is 0 Å². The van der Waals surface area contributed by atoms with Crippen molar-refractivity contribution in [2.75, 3.05) is 24.5 Å². The molecule has 0 amide bonds. The third-order valence-electron chi connectivity index (χ3n) is 4.67. The maximum atomic E-state index is 12.7. The average Bonchev–Trinajstić information content (AvgIpc) is 3.30. The highest BCUT2D eigenvalue weighted by atomic mass is 32.2. The van der Waals surface area contributed by atoms with Crippen LogP contribution in [0.3, 0.4) is 0 Å². The molecule has 3 heterocycles. The van der Waals surface area contributed by atoms with Crippen LogP contribution in [-0.2, 0) is 23.0 Å². The minimum absolute atomic E-state index is 0.412. The molecule has 1 N–H and O–H groups in total. The van der Waals surface area contributed by atoms with E-state index in [0.29, 0.717) is 18.0 Å². The molecule has 0 bridgehead atoms. The number of anilines is 1. The van der Waals surface area contributed by atoms with Crippen LogP contribution in [0, 0.1) is 0 Å². The predicted octanol–water partition coefficient (Wildman–Crippen LogP) is 1.76. The van der Waals surface area contributed by atoms with Crippen molar-refractivity contribution >= 4 is 15.7 Å². The lowest BCUT2D eigenvalue weighted by Crippen LogP contribution is -2.28. The molecule has 4 rings (SSSR count). The largest absolute Gasteiger partial charge is 0.365 e. The van der Waals surface area contributed by atoms with Gasteiger partial charge in [-0.2, -0.15) is 9.40 Å². The van der Waals surface area contributed by atoms with Gasteiger partial charge in [0.25, 0.3) is 0 Å². The third kappa shape index (κ3) is 2.64. The fraction of sp³-hybridized carbons (Fsp3) is 0.438. The van der Waals surface area contributed by atoms with Crippen LogP contribution in [-0.4, -0.2) is 42.6 Å². The van der Waals surface area contributed by atoms with E-state index in [2.05, 4.69) is 15.1 Å². The van der Waals surface area contributed by atoms with Gasteiger partial charge in [0, 0.05) is 31.5 Å². The summed E-state index contributed by atoms with van der Waals surface area (Å²) in [5.74, 6) is 0. The Hall–Kier alpha value is -1.86. The Morgan fingerprint density at radius 2 is 1.96 bits per heavy atom. The fourth-order valence-electron chi connectivity index (χ4n) is 3.41. The molecule has 1 aromatic heterocycles. The van der Waals surface area contributed by atoms with E-state index < -0.39 is 10.0 Å². The Morgan fingerprint density at radius 3 is 2.70 bits per heavy atom. The zero-order valence-corrected chi connectivity index (χ0v) is 13.7. The first-order chi connectivity index (χ1) is 11.1. The van der Waals surface area contributed by atoms with E-state index in [0.717, 1.165) is 43.7 Å². The van der Waals surface area contributed by atoms with Crippen molar-refractivity contribution in [1.29, 1.82) is 0 Å². The van der Waals surface area contributed by atoms with E-state index in [4.69, 9.17) is 0 Å². The maximum Gasteiger partial charge on any atom is 0.243 e. The molecule has 0 saturated carbocycles. The van der Waals surface area contributed by atoms with Crippen molar-refractivity contribution in [2.24, 2.45) is 0 Å². The summed E-state index contributed by atoms with van der Waals surface area (Å²) < 4.78 is 27.1. The van der Waals surface area contributed by atoms with Crippen molar-refractivity contribution in [3.8, 4) is 0 Å². The Labute approximate surface area is 136 Å². The molecule has 0 spiro atoms. The number of H-pyrrole nitrogens is 1. The molecule has 6 nitrogen and oxygen atoms in total. The number of sulfonamides is 1. The predicted molar refractivity (Wildman–Crippen MR) is 87.8 cm³/mol. The van der Waals surface area contributed by atoms with Gasteiger partial charge < -0.3 is 4.90 Å². The molecular weight excluding hydrogens is 312 g/mol. The number of nitrogens with zero attached hydrogens (tertiary/aromatic N) is 3. The number of rotatable bonds is 4. The Bertz CT molecular complexity index is 795. The van der Waals surface area contributed by atoms with Crippen LogP contribution in [0.2, 0.25) is 0 Å². The summed E-state index contributed by atoms with van der Waals surface area (Å²) in [6.45, 7) is 2.90. The van der Waals surface area contributed by atoms with E-state index in [-0.39, 0.29) is 0 Å². The number of aromatic amines is 1. The molecule has 122 valence electrons. The first-order valence-corrected chi connectivity index (χ1v) is 9.45. The third-order valence-corrected chi connectivity index (χ3v) is 6.57. The van der Waals surface area contributed by atoms with Gasteiger partial charge in [-0.3, -0.25) is 5.10 Å². The molecule has 1 fully saturated rings. The van der Waals surface area contributed by atoms with Gasteiger partial charge in [-0.25, -0.2) is 8.42 Å². The lowest BCUT2D eigenvalue weighted by molar-refractivity contribution is 0.477. The van der Waals surface area contributed by atoms with E-state index in [9.17, 15) is 8.42 Å². The van der Waals surface area contributed by atoms with Gasteiger partial charge in [0.1, 0.15) is 0 Å². The second-order valence-electron chi connectivity index (χ2n) is 6.16. The molecule has 0 atom stereocenters. The van der Waals surface area contributed by atoms with Crippen molar-refractivity contribution in [3.05, 3.63) is 41.7 Å². The quantitative estimate of drug-likeness (QED) is 0.926. The Kier molecular flexibility index (Phi) is 3.61. The molecule has 2 aliphatic rings. The number of hydrogen-bond donors (Lipinski definition) is 1. The maximum absolute atomic E-state index is 12.7. The number of hydrogen-bond acceptors (Lipinski definition) is 4. The zero-order valence-electron chi connectivity index (χ0n) is 12.9. The van der Waals surface area contributed by atoms with E-state index in [1.165, 1.54) is 5.56 Å². The Morgan fingerprint density at radius 1 is 1.13 bits per heavy atom. The van der Waals surface area contributed by atoms with Crippen LogP contribution in [0.15, 0.2) is 35.4 Å². The minimum Gasteiger partial charge on any atom is -0.365 e. The molecule has 2 aromatic rings. The summed E-state index contributed by atoms with van der Waals surface area (Å²) in [5.41, 5.74) is 3.27. The smallest absolute Gasteiger partial charge is 0.243 e. The van der Waals surface area contributed by atoms with Gasteiger partial charge in [0.2, 0.25) is 10.0 Å².